The number of thiazole rings is 1. The lowest BCUT2D eigenvalue weighted by atomic mass is 9.75. The van der Waals surface area contributed by atoms with E-state index in [-0.39, 0.29) is 0 Å². The van der Waals surface area contributed by atoms with E-state index >= 15 is 0 Å². The smallest absolute Gasteiger partial charge is 0.185 e. The van der Waals surface area contributed by atoms with Crippen LogP contribution in [0.4, 0.5) is 5.13 Å². The van der Waals surface area contributed by atoms with E-state index in [9.17, 15) is 0 Å². The average molecular weight is 294 g/mol. The molecule has 0 atom stereocenters. The molecule has 0 bridgehead atoms. The Morgan fingerprint density at radius 2 is 2.00 bits per heavy atom. The second kappa shape index (κ2) is 5.28. The summed E-state index contributed by atoms with van der Waals surface area (Å²) in [6.45, 7) is 1.71. The van der Waals surface area contributed by atoms with Crippen LogP contribution in [0.5, 0.6) is 0 Å². The Morgan fingerprint density at radius 1 is 1.30 bits per heavy atom. The van der Waals surface area contributed by atoms with Crippen LogP contribution in [0.15, 0.2) is 0 Å². The number of nitrogens with two attached hydrogens (primary N) is 1. The van der Waals surface area contributed by atoms with E-state index in [4.69, 9.17) is 10.7 Å². The summed E-state index contributed by atoms with van der Waals surface area (Å²) in [5.41, 5.74) is 7.52. The molecule has 112 valence electrons. The molecule has 3 rings (SSSR count). The number of hydrogen-bond acceptors (Lipinski definition) is 5. The third kappa shape index (κ3) is 2.47. The highest BCUT2D eigenvalue weighted by molar-refractivity contribution is 7.15. The summed E-state index contributed by atoms with van der Waals surface area (Å²) in [5.74, 6) is 0.693. The predicted octanol–water partition coefficient (Wildman–Crippen LogP) is 2.40. The molecule has 1 aromatic rings. The van der Waals surface area contributed by atoms with Crippen LogP contribution in [0.1, 0.15) is 48.6 Å². The van der Waals surface area contributed by atoms with Crippen LogP contribution in [0, 0.1) is 0 Å². The minimum atomic E-state index is 0.350. The van der Waals surface area contributed by atoms with Gasteiger partial charge in [0.2, 0.25) is 0 Å². The number of anilines is 1. The molecule has 0 radical (unpaired) electrons. The first-order valence-electron chi connectivity index (χ1n) is 7.64. The standard InChI is InChI=1S/C15H26N4S/c1-18(2)15(7-4-8-15)10-19(3)14-17-13(11-5-6-11)12(9-16)20-14/h11H,4-10,16H2,1-3H3. The molecule has 2 aliphatic carbocycles. The molecule has 0 unspecified atom stereocenters. The van der Waals surface area contributed by atoms with Crippen molar-refractivity contribution in [3.8, 4) is 0 Å². The molecule has 0 spiro atoms. The molecule has 2 N–H and O–H groups in total. The minimum Gasteiger partial charge on any atom is -0.349 e. The maximum Gasteiger partial charge on any atom is 0.185 e. The van der Waals surface area contributed by atoms with E-state index < -0.39 is 0 Å². The number of rotatable bonds is 6. The van der Waals surface area contributed by atoms with Gasteiger partial charge in [0.1, 0.15) is 0 Å². The topological polar surface area (TPSA) is 45.4 Å². The van der Waals surface area contributed by atoms with Gasteiger partial charge in [-0.25, -0.2) is 4.98 Å². The Labute approximate surface area is 126 Å². The van der Waals surface area contributed by atoms with E-state index in [1.165, 1.54) is 42.7 Å². The first kappa shape index (κ1) is 14.3. The van der Waals surface area contributed by atoms with Crippen molar-refractivity contribution in [2.75, 3.05) is 32.6 Å². The van der Waals surface area contributed by atoms with Crippen LogP contribution in [0.2, 0.25) is 0 Å². The molecule has 2 saturated carbocycles. The van der Waals surface area contributed by atoms with Gasteiger partial charge in [0.15, 0.2) is 5.13 Å². The number of hydrogen-bond donors (Lipinski definition) is 1. The third-order valence-corrected chi connectivity index (χ3v) is 6.16. The van der Waals surface area contributed by atoms with Gasteiger partial charge in [0.05, 0.1) is 5.69 Å². The van der Waals surface area contributed by atoms with Crippen molar-refractivity contribution in [3.63, 3.8) is 0 Å². The highest BCUT2D eigenvalue weighted by Crippen LogP contribution is 2.44. The molecule has 1 heterocycles. The van der Waals surface area contributed by atoms with E-state index in [2.05, 4.69) is 30.9 Å². The fourth-order valence-electron chi connectivity index (χ4n) is 3.18. The molecule has 2 aliphatic rings. The molecule has 0 aliphatic heterocycles. The van der Waals surface area contributed by atoms with Gasteiger partial charge in [-0.3, -0.25) is 0 Å². The quantitative estimate of drug-likeness (QED) is 0.875. The van der Waals surface area contributed by atoms with Crippen LogP contribution < -0.4 is 10.6 Å². The van der Waals surface area contributed by atoms with Crippen LogP contribution >= 0.6 is 11.3 Å². The first-order chi connectivity index (χ1) is 9.55. The summed E-state index contributed by atoms with van der Waals surface area (Å²) in [6, 6.07) is 0. The summed E-state index contributed by atoms with van der Waals surface area (Å²) in [6.07, 6.45) is 6.54. The van der Waals surface area contributed by atoms with Crippen LogP contribution in [-0.2, 0) is 6.54 Å². The summed E-state index contributed by atoms with van der Waals surface area (Å²) in [5, 5.41) is 1.15. The van der Waals surface area contributed by atoms with Crippen molar-refractivity contribution >= 4 is 16.5 Å². The molecule has 0 amide bonds. The Bertz CT molecular complexity index is 474. The summed E-state index contributed by atoms with van der Waals surface area (Å²) in [4.78, 5) is 10.9. The average Bonchev–Trinajstić information content (AvgIpc) is 3.12. The Morgan fingerprint density at radius 3 is 2.45 bits per heavy atom. The molecule has 0 aromatic carbocycles. The summed E-state index contributed by atoms with van der Waals surface area (Å²) in [7, 11) is 6.59. The molecule has 5 heteroatoms. The van der Waals surface area contributed by atoms with Crippen molar-refractivity contribution in [1.29, 1.82) is 0 Å². The lowest BCUT2D eigenvalue weighted by molar-refractivity contribution is 0.0683. The zero-order valence-electron chi connectivity index (χ0n) is 12.9. The summed E-state index contributed by atoms with van der Waals surface area (Å²) < 4.78 is 0. The number of nitrogens with zero attached hydrogens (tertiary/aromatic N) is 3. The zero-order chi connectivity index (χ0) is 14.3. The fraction of sp³-hybridized carbons (Fsp3) is 0.800. The van der Waals surface area contributed by atoms with E-state index in [0.29, 0.717) is 18.0 Å². The Balaban J connectivity index is 1.75. The molecule has 2 fully saturated rings. The maximum atomic E-state index is 5.89. The lowest BCUT2D eigenvalue weighted by Crippen LogP contribution is -2.56. The highest BCUT2D eigenvalue weighted by atomic mass is 32.1. The van der Waals surface area contributed by atoms with Gasteiger partial charge in [0.25, 0.3) is 0 Å². The van der Waals surface area contributed by atoms with Crippen LogP contribution in [0.3, 0.4) is 0 Å². The van der Waals surface area contributed by atoms with Crippen molar-refractivity contribution in [2.24, 2.45) is 5.73 Å². The van der Waals surface area contributed by atoms with Gasteiger partial charge in [-0.1, -0.05) is 0 Å². The highest BCUT2D eigenvalue weighted by Gasteiger charge is 2.40. The second-order valence-electron chi connectivity index (χ2n) is 6.61. The Kier molecular flexibility index (Phi) is 3.77. The van der Waals surface area contributed by atoms with Gasteiger partial charge in [-0.05, 0) is 46.2 Å². The monoisotopic (exact) mass is 294 g/mol. The van der Waals surface area contributed by atoms with Crippen molar-refractivity contribution in [3.05, 3.63) is 10.6 Å². The van der Waals surface area contributed by atoms with Gasteiger partial charge >= 0.3 is 0 Å². The van der Waals surface area contributed by atoms with Crippen LogP contribution in [0.25, 0.3) is 0 Å². The predicted molar refractivity (Wildman–Crippen MR) is 85.5 cm³/mol. The van der Waals surface area contributed by atoms with E-state index in [1.807, 2.05) is 0 Å². The van der Waals surface area contributed by atoms with Gasteiger partial charge in [-0.2, -0.15) is 0 Å². The first-order valence-corrected chi connectivity index (χ1v) is 8.45. The SMILES string of the molecule is CN(CC1(N(C)C)CCC1)c1nc(C2CC2)c(CN)s1. The molecule has 4 nitrogen and oxygen atoms in total. The van der Waals surface area contributed by atoms with Gasteiger partial charge < -0.3 is 15.5 Å². The zero-order valence-corrected chi connectivity index (χ0v) is 13.7. The van der Waals surface area contributed by atoms with E-state index in [1.54, 1.807) is 11.3 Å². The lowest BCUT2D eigenvalue weighted by Gasteiger charge is -2.49. The molecular formula is C15H26N4S. The molecule has 20 heavy (non-hydrogen) atoms. The molecular weight excluding hydrogens is 268 g/mol. The fourth-order valence-corrected chi connectivity index (χ4v) is 4.16. The van der Waals surface area contributed by atoms with Gasteiger partial charge in [-0.15, -0.1) is 11.3 Å². The van der Waals surface area contributed by atoms with Crippen molar-refractivity contribution in [1.82, 2.24) is 9.88 Å². The third-order valence-electron chi connectivity index (χ3n) is 4.96. The minimum absolute atomic E-state index is 0.350. The second-order valence-corrected chi connectivity index (χ2v) is 7.67. The normalized spacial score (nSPS) is 21.1. The largest absolute Gasteiger partial charge is 0.349 e. The van der Waals surface area contributed by atoms with Crippen molar-refractivity contribution in [2.45, 2.75) is 50.1 Å². The summed E-state index contributed by atoms with van der Waals surface area (Å²) >= 11 is 1.79. The molecule has 0 saturated heterocycles. The number of likely N-dealkylation sites (N-methyl/N-ethyl adjacent to an activating group) is 2. The number of aromatic nitrogens is 1. The maximum absolute atomic E-state index is 5.89. The van der Waals surface area contributed by atoms with Gasteiger partial charge in [0, 0.05) is 36.5 Å². The molecule has 1 aromatic heterocycles. The van der Waals surface area contributed by atoms with E-state index in [0.717, 1.165) is 11.7 Å². The Hall–Kier alpha value is -0.650. The van der Waals surface area contributed by atoms with Crippen molar-refractivity contribution < 1.29 is 0 Å². The van der Waals surface area contributed by atoms with Crippen LogP contribution in [-0.4, -0.2) is 43.1 Å².